The second-order valence-electron chi connectivity index (χ2n) is 21.0. The van der Waals surface area contributed by atoms with E-state index in [1.165, 1.54) is 26.4 Å². The molecule has 1 aliphatic carbocycles. The average Bonchev–Trinajstić information content (AvgIpc) is 3.90. The average molecular weight is 1000 g/mol. The Balaban J connectivity index is 1.47. The minimum atomic E-state index is -2.52. The zero-order chi connectivity index (χ0) is 52.3. The Kier molecular flexibility index (Phi) is 21.4. The number of hydrogen-bond acceptors (Lipinski definition) is 17. The van der Waals surface area contributed by atoms with Crippen LogP contribution in [0.5, 0.6) is 0 Å². The summed E-state index contributed by atoms with van der Waals surface area (Å²) in [5.41, 5.74) is 0.888. The van der Waals surface area contributed by atoms with Crippen molar-refractivity contribution in [3.05, 3.63) is 41.8 Å². The van der Waals surface area contributed by atoms with E-state index in [4.69, 9.17) is 23.7 Å². The van der Waals surface area contributed by atoms with Crippen LogP contribution in [0.4, 0.5) is 0 Å². The van der Waals surface area contributed by atoms with Crippen molar-refractivity contribution < 1.29 is 68.1 Å². The first-order chi connectivity index (χ1) is 33.6. The lowest BCUT2D eigenvalue weighted by molar-refractivity contribution is -0.265. The molecule has 3 fully saturated rings. The molecule has 2 bridgehead atoms. The Morgan fingerprint density at radius 1 is 0.845 bits per heavy atom. The highest BCUT2D eigenvalue weighted by Gasteiger charge is 2.53. The summed E-state index contributed by atoms with van der Waals surface area (Å²) in [6.07, 6.45) is 4.93. The van der Waals surface area contributed by atoms with Crippen LogP contribution in [-0.2, 0) is 47.7 Å². The normalized spacial score (nSPS) is 39.9. The number of tetrazole rings is 1. The molecule has 2 saturated heterocycles. The maximum Gasteiger partial charge on any atom is 0.329 e. The van der Waals surface area contributed by atoms with Crippen molar-refractivity contribution in [2.75, 3.05) is 27.9 Å². The predicted molar refractivity (Wildman–Crippen MR) is 259 cm³/mol. The number of carbonyl (C=O) groups excluding carboxylic acids is 5. The Morgan fingerprint density at radius 3 is 2.24 bits per heavy atom. The molecule has 3 aliphatic heterocycles. The van der Waals surface area contributed by atoms with Gasteiger partial charge in [-0.3, -0.25) is 19.2 Å². The van der Waals surface area contributed by atoms with Gasteiger partial charge in [-0.25, -0.2) is 9.48 Å². The van der Waals surface area contributed by atoms with Gasteiger partial charge in [0.1, 0.15) is 48.7 Å². The molecule has 2 unspecified atom stereocenters. The number of hydrogen-bond donors (Lipinski definition) is 4. The molecule has 398 valence electrons. The van der Waals surface area contributed by atoms with Crippen molar-refractivity contribution in [2.24, 2.45) is 35.5 Å². The number of cyclic esters (lactones) is 1. The Bertz CT molecular complexity index is 2050. The smallest absolute Gasteiger partial charge is 0.329 e. The Labute approximate surface area is 418 Å². The van der Waals surface area contributed by atoms with E-state index in [0.29, 0.717) is 56.1 Å². The van der Waals surface area contributed by atoms with Gasteiger partial charge in [0.05, 0.1) is 24.4 Å². The molecule has 4 N–H and O–H groups in total. The molecular formula is C52H81N5O14. The van der Waals surface area contributed by atoms with Crippen molar-refractivity contribution in [1.82, 2.24) is 25.1 Å². The molecule has 0 radical (unpaired) electrons. The van der Waals surface area contributed by atoms with Gasteiger partial charge in [-0.1, -0.05) is 58.9 Å². The first kappa shape index (κ1) is 57.8. The Morgan fingerprint density at radius 2 is 1.58 bits per heavy atom. The van der Waals surface area contributed by atoms with Gasteiger partial charge in [0.15, 0.2) is 5.78 Å². The maximum atomic E-state index is 14.5. The third-order valence-corrected chi connectivity index (χ3v) is 15.6. The van der Waals surface area contributed by atoms with E-state index < -0.39 is 90.0 Å². The molecule has 4 aliphatic rings. The summed E-state index contributed by atoms with van der Waals surface area (Å²) in [5, 5.41) is 57.1. The number of ether oxygens (including phenoxy) is 5. The number of aromatic nitrogens is 4. The van der Waals surface area contributed by atoms with Crippen molar-refractivity contribution in [3.63, 3.8) is 0 Å². The number of esters is 1. The van der Waals surface area contributed by atoms with E-state index in [1.807, 2.05) is 13.8 Å². The first-order valence-corrected chi connectivity index (χ1v) is 25.6. The molecule has 1 aromatic rings. The van der Waals surface area contributed by atoms with Gasteiger partial charge in [0.25, 0.3) is 11.7 Å². The summed E-state index contributed by atoms with van der Waals surface area (Å²) < 4.78 is 31.4. The largest absolute Gasteiger partial charge is 0.460 e. The fourth-order valence-electron chi connectivity index (χ4n) is 11.0. The fourth-order valence-corrected chi connectivity index (χ4v) is 11.0. The summed E-state index contributed by atoms with van der Waals surface area (Å²) >= 11 is 0. The lowest BCUT2D eigenvalue weighted by Crippen LogP contribution is -2.61. The highest BCUT2D eigenvalue weighted by Crippen LogP contribution is 2.39. The number of ketones is 3. The van der Waals surface area contributed by atoms with Crippen LogP contribution in [0.2, 0.25) is 0 Å². The standard InChI is InChI=1S/C52H81N5O14/c1-29-14-19-40(58)42(60)24-32(4)43(67-8)26-37-17-15-35(7)52(66,71-37)49(63)50(64)56-20-12-11-13-39(56)51(65)70-44(31(3)23-36-16-18-38(45(25-36)68-9)57-28-53-54-55-57)27-41(59)30(2)22-34(6)47(62)48(69-10)46(61)33(5)21-29/h14,19,22,24,28-31,33,35-40,42-45,47-48,58,60,62,66H,11-13,15-18,20-21,23,25-27H2,1-10H3/b19-14+,32-24+,34-22+/t29-,30-,31-,33-,35-,36+,37+,38+,39+,40?,42?,43+,44+,45-,47-,48+,52-/m1/s1. The van der Waals surface area contributed by atoms with Gasteiger partial charge < -0.3 is 49.0 Å². The molecule has 0 spiro atoms. The quantitative estimate of drug-likeness (QED) is 0.169. The summed E-state index contributed by atoms with van der Waals surface area (Å²) in [5.74, 6) is -8.84. The van der Waals surface area contributed by atoms with Crippen molar-refractivity contribution >= 4 is 29.2 Å². The highest BCUT2D eigenvalue weighted by molar-refractivity contribution is 6.39. The third-order valence-electron chi connectivity index (χ3n) is 15.6. The molecule has 17 atom stereocenters. The van der Waals surface area contributed by atoms with Gasteiger partial charge in [-0.15, -0.1) is 5.10 Å². The van der Waals surface area contributed by atoms with Crippen LogP contribution in [0.15, 0.2) is 41.8 Å². The number of amides is 1. The predicted octanol–water partition coefficient (Wildman–Crippen LogP) is 4.21. The minimum Gasteiger partial charge on any atom is -0.460 e. The number of methoxy groups -OCH3 is 3. The number of nitrogens with zero attached hydrogens (tertiary/aromatic N) is 5. The topological polar surface area (TPSA) is 259 Å². The molecule has 4 heterocycles. The van der Waals surface area contributed by atoms with Gasteiger partial charge in [-0.2, -0.15) is 0 Å². The van der Waals surface area contributed by atoms with Crippen LogP contribution >= 0.6 is 0 Å². The number of Topliss-reactive ketones (excluding diaryl/α,β-unsaturated/α-hetero) is 3. The van der Waals surface area contributed by atoms with Crippen molar-refractivity contribution in [3.8, 4) is 0 Å². The molecule has 1 aromatic heterocycles. The van der Waals surface area contributed by atoms with Crippen LogP contribution in [0.3, 0.4) is 0 Å². The van der Waals surface area contributed by atoms with Gasteiger partial charge in [-0.05, 0) is 117 Å². The van der Waals surface area contributed by atoms with Crippen molar-refractivity contribution in [2.45, 2.75) is 192 Å². The van der Waals surface area contributed by atoms with Gasteiger partial charge in [0.2, 0.25) is 5.79 Å². The van der Waals surface area contributed by atoms with E-state index in [-0.39, 0.29) is 67.3 Å². The monoisotopic (exact) mass is 1000 g/mol. The maximum absolute atomic E-state index is 14.5. The first-order valence-electron chi connectivity index (χ1n) is 25.6. The number of rotatable bonds is 7. The number of aliphatic hydroxyl groups is 4. The molecule has 5 rings (SSSR count). The minimum absolute atomic E-state index is 0.0471. The molecule has 0 aromatic carbocycles. The number of piperidine rings is 1. The zero-order valence-corrected chi connectivity index (χ0v) is 43.4. The zero-order valence-electron chi connectivity index (χ0n) is 43.4. The third kappa shape index (κ3) is 14.6. The summed E-state index contributed by atoms with van der Waals surface area (Å²) in [6, 6.07) is -1.25. The second-order valence-corrected chi connectivity index (χ2v) is 21.0. The van der Waals surface area contributed by atoms with Gasteiger partial charge >= 0.3 is 5.97 Å². The van der Waals surface area contributed by atoms with E-state index in [9.17, 15) is 44.4 Å². The molecular weight excluding hydrogens is 919 g/mol. The lowest BCUT2D eigenvalue weighted by Gasteiger charge is -2.42. The number of carbonyl (C=O) groups is 5. The summed E-state index contributed by atoms with van der Waals surface area (Å²) in [7, 11) is 4.45. The summed E-state index contributed by atoms with van der Waals surface area (Å²) in [6.45, 7) is 12.2. The van der Waals surface area contributed by atoms with Crippen LogP contribution < -0.4 is 0 Å². The van der Waals surface area contributed by atoms with Crippen LogP contribution in [0, 0.1) is 35.5 Å². The molecule has 19 nitrogen and oxygen atoms in total. The number of fused-ring (bicyclic) bond motifs is 3. The van der Waals surface area contributed by atoms with E-state index in [0.717, 1.165) is 17.7 Å². The molecule has 1 saturated carbocycles. The number of allylic oxidation sites excluding steroid dienone is 2. The van der Waals surface area contributed by atoms with Gasteiger partial charge in [0, 0.05) is 58.5 Å². The van der Waals surface area contributed by atoms with Crippen LogP contribution in [-0.4, -0.2) is 163 Å². The van der Waals surface area contributed by atoms with E-state index in [2.05, 4.69) is 15.5 Å². The summed E-state index contributed by atoms with van der Waals surface area (Å²) in [4.78, 5) is 72.4. The second kappa shape index (κ2) is 26.2. The number of aliphatic hydroxyl groups excluding tert-OH is 3. The highest BCUT2D eigenvalue weighted by atomic mass is 16.6. The molecule has 71 heavy (non-hydrogen) atoms. The molecule has 19 heteroatoms. The Hall–Kier alpha value is -4.08. The van der Waals surface area contributed by atoms with Crippen LogP contribution in [0.25, 0.3) is 0 Å². The lowest BCUT2D eigenvalue weighted by atomic mass is 9.77. The fraction of sp³-hybridized carbons (Fsp3) is 0.769. The molecule has 1 amide bonds. The van der Waals surface area contributed by atoms with Crippen LogP contribution in [0.1, 0.15) is 132 Å². The van der Waals surface area contributed by atoms with E-state index >= 15 is 0 Å². The SMILES string of the molecule is CO[C@H]1C[C@@H]2CC[C@@H](C)[C@@](O)(O2)C(=O)C(=O)N2CCCC[C@H]2C(=O)O[C@H]([C@H](C)C[C@@H]2CC[C@H](n3cnnn3)[C@H](OC)C2)CC(=O)[C@H](C)/C=C(\C)[C@@H](O)[C@@H](OC)C(=O)[C@H](C)C[C@H](C)/C=C/C(O)C(O)/C=C/1C. The van der Waals surface area contributed by atoms with E-state index in [1.54, 1.807) is 64.9 Å². The van der Waals surface area contributed by atoms with Crippen molar-refractivity contribution in [1.29, 1.82) is 0 Å².